The molecule has 0 aliphatic heterocycles. The Bertz CT molecular complexity index is 1560. The molecule has 0 aromatic carbocycles. The highest BCUT2D eigenvalue weighted by Gasteiger charge is 2.27. The van der Waals surface area contributed by atoms with Crippen LogP contribution in [0, 0.1) is 0 Å². The molecular weight excluding hydrogens is 952 g/mol. The highest BCUT2D eigenvalue weighted by Crippen LogP contribution is 2.38. The summed E-state index contributed by atoms with van der Waals surface area (Å²) in [5.41, 5.74) is 0. The summed E-state index contributed by atoms with van der Waals surface area (Å²) in [6.45, 7) is 6.71. The SMILES string of the molecule is CC/C=C\C/C=C\C/C=C\C/C=C\C/C=C\C/C=C\CCCCCCCCC(=O)NC(COP(=O)([O-])OCC[N+](C)(C)C)C(/C=C\CCCCCCCCCCC)OC(=O)CCCCCCCCCCCCCCC. The summed E-state index contributed by atoms with van der Waals surface area (Å²) >= 11 is 0. The van der Waals surface area contributed by atoms with Crippen molar-refractivity contribution in [1.82, 2.24) is 5.32 Å². The van der Waals surface area contributed by atoms with Crippen molar-refractivity contribution >= 4 is 19.7 Å². The van der Waals surface area contributed by atoms with E-state index >= 15 is 0 Å². The second kappa shape index (κ2) is 54.5. The highest BCUT2D eigenvalue weighted by atomic mass is 31.2. The fourth-order valence-corrected chi connectivity index (χ4v) is 9.31. The van der Waals surface area contributed by atoms with E-state index in [-0.39, 0.29) is 24.9 Å². The summed E-state index contributed by atoms with van der Waals surface area (Å²) in [6.07, 6.45) is 71.2. The van der Waals surface area contributed by atoms with Gasteiger partial charge >= 0.3 is 5.97 Å². The predicted molar refractivity (Wildman–Crippen MR) is 321 cm³/mol. The molecule has 0 heterocycles. The summed E-state index contributed by atoms with van der Waals surface area (Å²) < 4.78 is 30.3. The molecule has 0 fully saturated rings. The molecule has 0 aliphatic rings. The molecule has 10 heteroatoms. The van der Waals surface area contributed by atoms with E-state index in [2.05, 4.69) is 99.0 Å². The number of amides is 1. The molecule has 1 amide bonds. The topological polar surface area (TPSA) is 114 Å². The lowest BCUT2D eigenvalue weighted by Gasteiger charge is -2.30. The maximum absolute atomic E-state index is 13.5. The third-order valence-corrected chi connectivity index (χ3v) is 14.3. The lowest BCUT2D eigenvalue weighted by Crippen LogP contribution is -2.47. The lowest BCUT2D eigenvalue weighted by atomic mass is 10.0. The van der Waals surface area contributed by atoms with Gasteiger partial charge in [-0.05, 0) is 83.1 Å². The van der Waals surface area contributed by atoms with Crippen LogP contribution in [0.1, 0.15) is 265 Å². The molecule has 0 aromatic rings. The zero-order valence-electron chi connectivity index (χ0n) is 49.5. The van der Waals surface area contributed by atoms with Gasteiger partial charge in [0.1, 0.15) is 19.3 Å². The molecule has 75 heavy (non-hydrogen) atoms. The molecule has 0 rings (SSSR count). The van der Waals surface area contributed by atoms with Gasteiger partial charge in [0.25, 0.3) is 7.82 Å². The molecule has 0 bridgehead atoms. The number of quaternary nitrogens is 1. The largest absolute Gasteiger partial charge is 0.756 e. The van der Waals surface area contributed by atoms with Gasteiger partial charge in [0.05, 0.1) is 33.8 Å². The Labute approximate surface area is 463 Å². The van der Waals surface area contributed by atoms with E-state index in [1.165, 1.54) is 109 Å². The van der Waals surface area contributed by atoms with Crippen molar-refractivity contribution in [2.45, 2.75) is 277 Å². The Morgan fingerprint density at radius 3 is 1.28 bits per heavy atom. The number of esters is 1. The minimum absolute atomic E-state index is 0.0278. The molecule has 0 aromatic heterocycles. The Balaban J connectivity index is 5.17. The van der Waals surface area contributed by atoms with Gasteiger partial charge in [0.2, 0.25) is 5.91 Å². The van der Waals surface area contributed by atoms with Crippen LogP contribution in [0.3, 0.4) is 0 Å². The molecule has 3 unspecified atom stereocenters. The van der Waals surface area contributed by atoms with E-state index < -0.39 is 26.6 Å². The molecule has 434 valence electrons. The average molecular weight is 1070 g/mol. The van der Waals surface area contributed by atoms with Crippen molar-refractivity contribution in [1.29, 1.82) is 0 Å². The number of phosphoric ester groups is 1. The van der Waals surface area contributed by atoms with E-state index in [0.29, 0.717) is 17.4 Å². The zero-order valence-corrected chi connectivity index (χ0v) is 50.4. The number of hydrogen-bond donors (Lipinski definition) is 1. The summed E-state index contributed by atoms with van der Waals surface area (Å²) in [5, 5.41) is 3.02. The number of likely N-dealkylation sites (N-methyl/N-ethyl adjacent to an activating group) is 1. The van der Waals surface area contributed by atoms with E-state index in [9.17, 15) is 19.0 Å². The molecule has 0 saturated heterocycles. The fraction of sp³-hybridized carbons (Fsp3) is 0.754. The molecule has 1 N–H and O–H groups in total. The van der Waals surface area contributed by atoms with Gasteiger partial charge in [-0.25, -0.2) is 0 Å². The first kappa shape index (κ1) is 72.2. The Morgan fingerprint density at radius 1 is 0.480 bits per heavy atom. The smallest absolute Gasteiger partial charge is 0.306 e. The number of carbonyl (C=O) groups is 2. The fourth-order valence-electron chi connectivity index (χ4n) is 8.58. The van der Waals surface area contributed by atoms with E-state index in [0.717, 1.165) is 122 Å². The van der Waals surface area contributed by atoms with Crippen molar-refractivity contribution < 1.29 is 37.3 Å². The number of nitrogens with zero attached hydrogens (tertiary/aromatic N) is 1. The van der Waals surface area contributed by atoms with E-state index in [1.54, 1.807) is 0 Å². The van der Waals surface area contributed by atoms with Crippen LogP contribution in [-0.4, -0.2) is 69.4 Å². The van der Waals surface area contributed by atoms with Crippen LogP contribution >= 0.6 is 7.82 Å². The average Bonchev–Trinajstić information content (AvgIpc) is 3.37. The number of rotatable bonds is 55. The third-order valence-electron chi connectivity index (χ3n) is 13.3. The normalized spacial score (nSPS) is 14.3. The van der Waals surface area contributed by atoms with Crippen molar-refractivity contribution in [3.8, 4) is 0 Å². The number of unbranched alkanes of at least 4 members (excludes halogenated alkanes) is 27. The van der Waals surface area contributed by atoms with Crippen molar-refractivity contribution in [2.24, 2.45) is 0 Å². The molecular formula is C65H117N2O7P. The van der Waals surface area contributed by atoms with Crippen LogP contribution in [0.4, 0.5) is 0 Å². The van der Waals surface area contributed by atoms with E-state index in [1.807, 2.05) is 33.3 Å². The van der Waals surface area contributed by atoms with Gasteiger partial charge in [0, 0.05) is 12.8 Å². The minimum atomic E-state index is -4.70. The Hall–Kier alpha value is -2.81. The minimum Gasteiger partial charge on any atom is -0.756 e. The van der Waals surface area contributed by atoms with Crippen LogP contribution in [0.2, 0.25) is 0 Å². The van der Waals surface area contributed by atoms with Crippen LogP contribution in [0.15, 0.2) is 85.1 Å². The van der Waals surface area contributed by atoms with Crippen LogP contribution in [0.5, 0.6) is 0 Å². The number of hydrogen-bond acceptors (Lipinski definition) is 7. The second-order valence-electron chi connectivity index (χ2n) is 21.8. The molecule has 3 atom stereocenters. The number of nitrogens with one attached hydrogen (secondary N) is 1. The third kappa shape index (κ3) is 55.7. The first-order chi connectivity index (χ1) is 36.4. The number of allylic oxidation sites excluding steroid dienone is 13. The second-order valence-corrected chi connectivity index (χ2v) is 23.2. The lowest BCUT2D eigenvalue weighted by molar-refractivity contribution is -0.870. The Kier molecular flexibility index (Phi) is 52.5. The van der Waals surface area contributed by atoms with E-state index in [4.69, 9.17) is 13.8 Å². The first-order valence-corrected chi connectivity index (χ1v) is 32.4. The van der Waals surface area contributed by atoms with Crippen molar-refractivity contribution in [2.75, 3.05) is 40.9 Å². The molecule has 9 nitrogen and oxygen atoms in total. The standard InChI is InChI=1S/C65H117N2O7P/c1-7-10-13-16-19-22-25-27-28-29-30-31-32-33-34-35-36-37-38-40-42-45-48-51-54-57-64(68)66-62(61-73-75(70,71)72-60-59-67(4,5)6)63(56-53-50-47-44-41-24-21-18-15-12-9-3)74-65(69)58-55-52-49-46-43-39-26-23-20-17-14-11-8-2/h10,13,19,22,27-28,30-31,33-34,36-37,53,56,62-63H,7-9,11-12,14-18,20-21,23-26,29,32,35,38-52,54-55,57-61H2,1-6H3,(H-,66,68,70,71)/b13-10-,22-19-,28-27-,31-30-,34-33-,37-36-,56-53-. The van der Waals surface area contributed by atoms with Gasteiger partial charge in [-0.3, -0.25) is 14.2 Å². The van der Waals surface area contributed by atoms with Crippen LogP contribution < -0.4 is 10.2 Å². The molecule has 0 radical (unpaired) electrons. The Morgan fingerprint density at radius 2 is 0.853 bits per heavy atom. The summed E-state index contributed by atoms with van der Waals surface area (Å²) in [7, 11) is 1.17. The van der Waals surface area contributed by atoms with Crippen molar-refractivity contribution in [3.05, 3.63) is 85.1 Å². The van der Waals surface area contributed by atoms with Gasteiger partial charge in [-0.15, -0.1) is 0 Å². The zero-order chi connectivity index (χ0) is 55.0. The summed E-state index contributed by atoms with van der Waals surface area (Å²) in [6, 6.07) is -0.897. The van der Waals surface area contributed by atoms with Crippen molar-refractivity contribution in [3.63, 3.8) is 0 Å². The van der Waals surface area contributed by atoms with Gasteiger partial charge in [0.15, 0.2) is 0 Å². The van der Waals surface area contributed by atoms with Crippen LogP contribution in [-0.2, 0) is 27.9 Å². The first-order valence-electron chi connectivity index (χ1n) is 30.9. The van der Waals surface area contributed by atoms with Crippen LogP contribution in [0.25, 0.3) is 0 Å². The maximum Gasteiger partial charge on any atom is 0.306 e. The number of ether oxygens (including phenoxy) is 1. The summed E-state index contributed by atoms with van der Waals surface area (Å²) in [4.78, 5) is 39.9. The highest BCUT2D eigenvalue weighted by molar-refractivity contribution is 7.45. The number of carbonyl (C=O) groups excluding carboxylic acids is 2. The maximum atomic E-state index is 13.5. The number of phosphoric acid groups is 1. The summed E-state index contributed by atoms with van der Waals surface area (Å²) in [5.74, 6) is -0.557. The molecule has 0 spiro atoms. The monoisotopic (exact) mass is 1070 g/mol. The molecule has 0 saturated carbocycles. The quantitative estimate of drug-likeness (QED) is 0.0212. The molecule has 0 aliphatic carbocycles. The van der Waals surface area contributed by atoms with Gasteiger partial charge < -0.3 is 28.5 Å². The predicted octanol–water partition coefficient (Wildman–Crippen LogP) is 18.4. The van der Waals surface area contributed by atoms with Gasteiger partial charge in [-0.1, -0.05) is 254 Å². The van der Waals surface area contributed by atoms with Gasteiger partial charge in [-0.2, -0.15) is 0 Å².